The zero-order valence-corrected chi connectivity index (χ0v) is 20.6. The highest BCUT2D eigenvalue weighted by molar-refractivity contribution is 8.13. The van der Waals surface area contributed by atoms with E-state index in [-0.39, 0.29) is 10.2 Å². The van der Waals surface area contributed by atoms with Crippen molar-refractivity contribution in [3.05, 3.63) is 91.0 Å². The van der Waals surface area contributed by atoms with E-state index in [1.54, 1.807) is 48.5 Å². The van der Waals surface area contributed by atoms with E-state index in [2.05, 4.69) is 10.6 Å². The molecular formula is C24H25N2O4PS2. The quantitative estimate of drug-likeness (QED) is 0.247. The van der Waals surface area contributed by atoms with Crippen LogP contribution in [0.25, 0.3) is 0 Å². The number of para-hydroxylation sites is 3. The van der Waals surface area contributed by atoms with Gasteiger partial charge < -0.3 is 19.7 Å². The summed E-state index contributed by atoms with van der Waals surface area (Å²) in [7, 11) is -3.86. The number of rotatable bonds is 10. The van der Waals surface area contributed by atoms with E-state index in [4.69, 9.17) is 21.3 Å². The molecule has 3 rings (SSSR count). The van der Waals surface area contributed by atoms with Gasteiger partial charge in [0.1, 0.15) is 11.5 Å². The lowest BCUT2D eigenvalue weighted by atomic mass is 10.3. The molecule has 0 spiro atoms. The Morgan fingerprint density at radius 1 is 0.909 bits per heavy atom. The van der Waals surface area contributed by atoms with Crippen molar-refractivity contribution in [2.75, 3.05) is 11.1 Å². The number of anilines is 1. The number of hydrogen-bond acceptors (Lipinski definition) is 6. The van der Waals surface area contributed by atoms with Crippen molar-refractivity contribution in [2.45, 2.75) is 19.1 Å². The molecule has 0 saturated heterocycles. The van der Waals surface area contributed by atoms with Crippen LogP contribution in [0.15, 0.2) is 91.0 Å². The Bertz CT molecular complexity index is 1040. The molecule has 9 heteroatoms. The van der Waals surface area contributed by atoms with Crippen molar-refractivity contribution >= 4 is 47.5 Å². The molecule has 0 unspecified atom stereocenters. The Hall–Kier alpha value is -2.80. The minimum atomic E-state index is -3.86. The fraction of sp³-hybridized carbons (Fsp3) is 0.167. The summed E-state index contributed by atoms with van der Waals surface area (Å²) in [5, 5.41) is 6.43. The van der Waals surface area contributed by atoms with Crippen LogP contribution in [0.2, 0.25) is 0 Å². The molecule has 0 aliphatic carbocycles. The Morgan fingerprint density at radius 2 is 1.39 bits per heavy atom. The van der Waals surface area contributed by atoms with Crippen LogP contribution >= 0.6 is 31.6 Å². The van der Waals surface area contributed by atoms with Gasteiger partial charge in [-0.25, -0.2) is 4.57 Å². The van der Waals surface area contributed by atoms with Gasteiger partial charge in [-0.15, -0.1) is 0 Å². The van der Waals surface area contributed by atoms with E-state index in [1.807, 2.05) is 42.5 Å². The van der Waals surface area contributed by atoms with Crippen molar-refractivity contribution in [3.63, 3.8) is 0 Å². The first-order valence-corrected chi connectivity index (χ1v) is 13.3. The number of hydrogen-bond donors (Lipinski definition) is 2. The van der Waals surface area contributed by atoms with Gasteiger partial charge in [-0.2, -0.15) is 0 Å². The Labute approximate surface area is 203 Å². The van der Waals surface area contributed by atoms with Crippen LogP contribution in [0.4, 0.5) is 5.69 Å². The first kappa shape index (κ1) is 24.8. The molecule has 0 bridgehead atoms. The highest BCUT2D eigenvalue weighted by Gasteiger charge is 2.40. The molecule has 0 saturated carbocycles. The molecule has 6 nitrogen and oxygen atoms in total. The van der Waals surface area contributed by atoms with Gasteiger partial charge in [-0.3, -0.25) is 4.79 Å². The zero-order chi connectivity index (χ0) is 23.5. The lowest BCUT2D eigenvalue weighted by Gasteiger charge is -2.29. The van der Waals surface area contributed by atoms with Crippen molar-refractivity contribution in [1.29, 1.82) is 0 Å². The summed E-state index contributed by atoms with van der Waals surface area (Å²) < 4.78 is 26.2. The molecule has 33 heavy (non-hydrogen) atoms. The molecule has 172 valence electrons. The van der Waals surface area contributed by atoms with Gasteiger partial charge in [-0.1, -0.05) is 66.4 Å². The van der Waals surface area contributed by atoms with Gasteiger partial charge in [0.15, 0.2) is 16.0 Å². The van der Waals surface area contributed by atoms with E-state index in [9.17, 15) is 9.36 Å². The molecule has 0 fully saturated rings. The van der Waals surface area contributed by atoms with Crippen LogP contribution < -0.4 is 19.7 Å². The second-order valence-electron chi connectivity index (χ2n) is 6.96. The van der Waals surface area contributed by atoms with E-state index in [0.29, 0.717) is 23.7 Å². The minimum absolute atomic E-state index is 0.0264. The maximum Gasteiger partial charge on any atom is 0.452 e. The maximum absolute atomic E-state index is 14.2. The summed E-state index contributed by atoms with van der Waals surface area (Å²) in [6.45, 7) is 1.50. The number of thioether (sulfide) groups is 1. The Morgan fingerprint density at radius 3 is 1.88 bits per heavy atom. The summed E-state index contributed by atoms with van der Waals surface area (Å²) >= 11 is 6.63. The van der Waals surface area contributed by atoms with Gasteiger partial charge in [0.2, 0.25) is 0 Å². The number of carbonyl (C=O) groups excluding carboxylic acids is 1. The molecule has 0 aliphatic rings. The first-order valence-electron chi connectivity index (χ1n) is 10.3. The normalized spacial score (nSPS) is 11.8. The van der Waals surface area contributed by atoms with Gasteiger partial charge >= 0.3 is 7.60 Å². The third-order valence-electron chi connectivity index (χ3n) is 4.36. The number of thiocarbonyl (C=S) groups is 1. The molecule has 1 atom stereocenters. The van der Waals surface area contributed by atoms with Gasteiger partial charge in [0.05, 0.1) is 0 Å². The van der Waals surface area contributed by atoms with Crippen LogP contribution in [0, 0.1) is 0 Å². The monoisotopic (exact) mass is 500 g/mol. The molecule has 0 aliphatic heterocycles. The first-order chi connectivity index (χ1) is 15.9. The predicted octanol–water partition coefficient (Wildman–Crippen LogP) is 6.32. The van der Waals surface area contributed by atoms with Gasteiger partial charge in [0.25, 0.3) is 0 Å². The van der Waals surface area contributed by atoms with E-state index in [0.717, 1.165) is 17.4 Å². The fourth-order valence-corrected chi connectivity index (χ4v) is 5.88. The summed E-state index contributed by atoms with van der Waals surface area (Å²) in [6.07, 6.45) is 0.317. The molecule has 2 N–H and O–H groups in total. The van der Waals surface area contributed by atoms with Crippen LogP contribution in [0.3, 0.4) is 0 Å². The SMILES string of the molecule is CC(=O)SCC[C@H](NC(=S)Nc1ccccc1)P(=O)(Oc1ccccc1)Oc1ccccc1. The maximum atomic E-state index is 14.2. The third kappa shape index (κ3) is 8.24. The van der Waals surface area contributed by atoms with Crippen molar-refractivity contribution in [1.82, 2.24) is 5.32 Å². The lowest BCUT2D eigenvalue weighted by Crippen LogP contribution is -2.40. The second kappa shape index (κ2) is 12.4. The predicted molar refractivity (Wildman–Crippen MR) is 139 cm³/mol. The van der Waals surface area contributed by atoms with Gasteiger partial charge in [-0.05, 0) is 55.0 Å². The molecule has 0 amide bonds. The third-order valence-corrected chi connectivity index (χ3v) is 7.51. The molecular weight excluding hydrogens is 475 g/mol. The largest absolute Gasteiger partial charge is 0.452 e. The zero-order valence-electron chi connectivity index (χ0n) is 18.0. The molecule has 0 heterocycles. The number of nitrogens with one attached hydrogen (secondary N) is 2. The topological polar surface area (TPSA) is 76.7 Å². The summed E-state index contributed by atoms with van der Waals surface area (Å²) in [6, 6.07) is 27.1. The van der Waals surface area contributed by atoms with Crippen LogP contribution in [-0.4, -0.2) is 21.8 Å². The Kier molecular flexibility index (Phi) is 9.36. The van der Waals surface area contributed by atoms with E-state index >= 15 is 0 Å². The summed E-state index contributed by atoms with van der Waals surface area (Å²) in [5.41, 5.74) is 0.787. The number of benzene rings is 3. The van der Waals surface area contributed by atoms with E-state index in [1.165, 1.54) is 6.92 Å². The smallest absolute Gasteiger partial charge is 0.415 e. The standard InChI is InChI=1S/C24H25N2O4PS2/c1-19(27)33-18-17-23(26-24(32)25-20-11-5-2-6-12-20)31(28,29-21-13-7-3-8-14-21)30-22-15-9-4-10-16-22/h2-16,23H,17-18H2,1H3,(H2,25,26,32)/t23-/m1/s1. The fourth-order valence-electron chi connectivity index (χ4n) is 2.87. The summed E-state index contributed by atoms with van der Waals surface area (Å²) in [5.74, 6) is 0.421. The highest BCUT2D eigenvalue weighted by atomic mass is 32.2. The second-order valence-corrected chi connectivity index (χ2v) is 10.7. The average molecular weight is 501 g/mol. The molecule has 0 aromatic heterocycles. The van der Waals surface area contributed by atoms with E-state index < -0.39 is 13.4 Å². The van der Waals surface area contributed by atoms with Gasteiger partial charge in [0, 0.05) is 18.4 Å². The minimum Gasteiger partial charge on any atom is -0.415 e. The average Bonchev–Trinajstić information content (AvgIpc) is 2.80. The van der Waals surface area contributed by atoms with Crippen LogP contribution in [-0.2, 0) is 9.36 Å². The van der Waals surface area contributed by atoms with Crippen LogP contribution in [0.1, 0.15) is 13.3 Å². The molecule has 0 radical (unpaired) electrons. The lowest BCUT2D eigenvalue weighted by molar-refractivity contribution is -0.109. The Balaban J connectivity index is 1.87. The number of carbonyl (C=O) groups is 1. The van der Waals surface area contributed by atoms with Crippen molar-refractivity contribution in [2.24, 2.45) is 0 Å². The van der Waals surface area contributed by atoms with Crippen LogP contribution in [0.5, 0.6) is 11.5 Å². The summed E-state index contributed by atoms with van der Waals surface area (Å²) in [4.78, 5) is 11.5. The highest BCUT2D eigenvalue weighted by Crippen LogP contribution is 2.53. The van der Waals surface area contributed by atoms with Crippen molar-refractivity contribution in [3.8, 4) is 11.5 Å². The van der Waals surface area contributed by atoms with Crippen molar-refractivity contribution < 1.29 is 18.4 Å². The molecule has 3 aromatic carbocycles. The molecule has 3 aromatic rings.